The summed E-state index contributed by atoms with van der Waals surface area (Å²) in [7, 11) is 0. The van der Waals surface area contributed by atoms with Gasteiger partial charge in [0.2, 0.25) is 0 Å². The Labute approximate surface area is 153 Å². The lowest BCUT2D eigenvalue weighted by Gasteiger charge is -2.38. The summed E-state index contributed by atoms with van der Waals surface area (Å²) in [6.07, 6.45) is 9.32. The molecule has 2 aromatic rings. The number of rotatable bonds is 6. The van der Waals surface area contributed by atoms with E-state index in [2.05, 4.69) is 20.2 Å². The maximum atomic E-state index is 6.06. The Kier molecular flexibility index (Phi) is 5.41. The molecular weight excluding hydrogens is 334 g/mol. The second-order valence-electron chi connectivity index (χ2n) is 7.21. The predicted molar refractivity (Wildman–Crippen MR) is 97.3 cm³/mol. The first-order valence-electron chi connectivity index (χ1n) is 9.00. The molecule has 0 unspecified atom stereocenters. The highest BCUT2D eigenvalue weighted by atomic mass is 32.1. The third-order valence-electron chi connectivity index (χ3n) is 5.37. The van der Waals surface area contributed by atoms with Crippen molar-refractivity contribution >= 4 is 11.3 Å². The second-order valence-corrected chi connectivity index (χ2v) is 8.19. The number of hydrogen-bond donors (Lipinski definition) is 0. The molecule has 2 fully saturated rings. The maximum Gasteiger partial charge on any atom is 0.107 e. The van der Waals surface area contributed by atoms with E-state index in [1.165, 1.54) is 23.4 Å². The van der Waals surface area contributed by atoms with Gasteiger partial charge in [0, 0.05) is 24.0 Å². The van der Waals surface area contributed by atoms with Gasteiger partial charge in [-0.05, 0) is 55.5 Å². The first-order valence-corrected chi connectivity index (χ1v) is 9.88. The highest BCUT2D eigenvalue weighted by Gasteiger charge is 2.42. The maximum absolute atomic E-state index is 6.06. The van der Waals surface area contributed by atoms with E-state index in [-0.39, 0.29) is 6.10 Å². The van der Waals surface area contributed by atoms with Gasteiger partial charge < -0.3 is 9.47 Å². The average molecular weight is 359 g/mol. The number of hydrogen-bond acceptors (Lipinski definition) is 6. The Morgan fingerprint density at radius 3 is 2.84 bits per heavy atom. The molecule has 0 aromatic carbocycles. The zero-order chi connectivity index (χ0) is 17.0. The minimum atomic E-state index is 0.243. The van der Waals surface area contributed by atoms with Crippen LogP contribution in [0.3, 0.4) is 0 Å². The number of aromatic nitrogens is 2. The lowest BCUT2D eigenvalue weighted by Crippen LogP contribution is -2.40. The van der Waals surface area contributed by atoms with Crippen molar-refractivity contribution in [2.75, 3.05) is 26.3 Å². The molecule has 134 valence electrons. The lowest BCUT2D eigenvalue weighted by molar-refractivity contribution is 0.00633. The SMILES string of the molecule is c1cc(COC[C@H]2CC3(CCN(Cc4nccs4)CC3)CO2)ccn1. The summed E-state index contributed by atoms with van der Waals surface area (Å²) in [4.78, 5) is 11.0. The van der Waals surface area contributed by atoms with Gasteiger partial charge in [-0.25, -0.2) is 4.98 Å². The van der Waals surface area contributed by atoms with Crippen LogP contribution in [0.15, 0.2) is 36.1 Å². The van der Waals surface area contributed by atoms with Gasteiger partial charge in [-0.2, -0.15) is 0 Å². The van der Waals surface area contributed by atoms with Crippen molar-refractivity contribution in [3.63, 3.8) is 0 Å². The van der Waals surface area contributed by atoms with Gasteiger partial charge in [-0.15, -0.1) is 11.3 Å². The summed E-state index contributed by atoms with van der Waals surface area (Å²) in [6.45, 7) is 5.50. The molecule has 0 radical (unpaired) electrons. The molecule has 4 heterocycles. The fraction of sp³-hybridized carbons (Fsp3) is 0.579. The molecule has 25 heavy (non-hydrogen) atoms. The van der Waals surface area contributed by atoms with Gasteiger partial charge in [0.25, 0.3) is 0 Å². The Morgan fingerprint density at radius 2 is 2.08 bits per heavy atom. The summed E-state index contributed by atoms with van der Waals surface area (Å²) in [6, 6.07) is 3.99. The third kappa shape index (κ3) is 4.44. The molecule has 0 bridgehead atoms. The number of nitrogens with zero attached hydrogens (tertiary/aromatic N) is 3. The van der Waals surface area contributed by atoms with Crippen LogP contribution in [0, 0.1) is 5.41 Å². The largest absolute Gasteiger partial charge is 0.375 e. The highest BCUT2D eigenvalue weighted by molar-refractivity contribution is 7.09. The topological polar surface area (TPSA) is 47.5 Å². The van der Waals surface area contributed by atoms with Gasteiger partial charge in [0.1, 0.15) is 5.01 Å². The predicted octanol–water partition coefficient (Wildman–Crippen LogP) is 3.13. The summed E-state index contributed by atoms with van der Waals surface area (Å²) in [5.41, 5.74) is 1.53. The molecular formula is C19H25N3O2S. The summed E-state index contributed by atoms with van der Waals surface area (Å²) in [5.74, 6) is 0. The zero-order valence-electron chi connectivity index (χ0n) is 14.5. The number of pyridine rings is 1. The zero-order valence-corrected chi connectivity index (χ0v) is 15.3. The van der Waals surface area contributed by atoms with E-state index in [1.807, 2.05) is 18.3 Å². The van der Waals surface area contributed by atoms with E-state index >= 15 is 0 Å². The van der Waals surface area contributed by atoms with Crippen molar-refractivity contribution in [1.82, 2.24) is 14.9 Å². The van der Waals surface area contributed by atoms with Gasteiger partial charge in [-0.1, -0.05) is 0 Å². The smallest absolute Gasteiger partial charge is 0.107 e. The first kappa shape index (κ1) is 17.1. The molecule has 6 heteroatoms. The van der Waals surface area contributed by atoms with E-state index < -0.39 is 0 Å². The fourth-order valence-electron chi connectivity index (χ4n) is 3.85. The highest BCUT2D eigenvalue weighted by Crippen LogP contribution is 2.42. The fourth-order valence-corrected chi connectivity index (χ4v) is 4.50. The van der Waals surface area contributed by atoms with Crippen LogP contribution in [0.2, 0.25) is 0 Å². The monoisotopic (exact) mass is 359 g/mol. The van der Waals surface area contributed by atoms with Crippen molar-refractivity contribution < 1.29 is 9.47 Å². The van der Waals surface area contributed by atoms with E-state index in [0.29, 0.717) is 18.6 Å². The molecule has 5 nitrogen and oxygen atoms in total. The minimum Gasteiger partial charge on any atom is -0.375 e. The molecule has 4 rings (SSSR count). The minimum absolute atomic E-state index is 0.243. The van der Waals surface area contributed by atoms with Crippen LogP contribution in [0.1, 0.15) is 29.8 Å². The van der Waals surface area contributed by atoms with Crippen molar-refractivity contribution in [1.29, 1.82) is 0 Å². The molecule has 0 amide bonds. The molecule has 0 N–H and O–H groups in total. The van der Waals surface area contributed by atoms with Gasteiger partial charge in [0.05, 0.1) is 32.5 Å². The van der Waals surface area contributed by atoms with Gasteiger partial charge >= 0.3 is 0 Å². The first-order chi connectivity index (χ1) is 12.3. The Hall–Kier alpha value is -1.34. The van der Waals surface area contributed by atoms with Crippen LogP contribution in [0.25, 0.3) is 0 Å². The average Bonchev–Trinajstić information content (AvgIpc) is 3.29. The molecule has 2 aliphatic rings. The molecule has 0 saturated carbocycles. The molecule has 0 aliphatic carbocycles. The van der Waals surface area contributed by atoms with Crippen molar-refractivity contribution in [3.05, 3.63) is 46.7 Å². The van der Waals surface area contributed by atoms with E-state index in [1.54, 1.807) is 23.7 Å². The standard InChI is InChI=1S/C19H25N3O2S/c1-5-20-6-2-16(1)13-23-14-17-11-19(15-24-17)3-8-22(9-4-19)12-18-21-7-10-25-18/h1-2,5-7,10,17H,3-4,8-9,11-15H2/t17-/m1/s1. The number of piperidine rings is 1. The van der Waals surface area contributed by atoms with Crippen LogP contribution in [-0.2, 0) is 22.6 Å². The van der Waals surface area contributed by atoms with Crippen LogP contribution in [0.4, 0.5) is 0 Å². The molecule has 1 atom stereocenters. The van der Waals surface area contributed by atoms with Crippen LogP contribution in [-0.4, -0.2) is 47.3 Å². The normalized spacial score (nSPS) is 23.3. The molecule has 2 saturated heterocycles. The Bertz CT molecular complexity index is 642. The summed E-state index contributed by atoms with van der Waals surface area (Å²) >= 11 is 1.75. The number of thiazole rings is 1. The van der Waals surface area contributed by atoms with Crippen molar-refractivity contribution in [2.24, 2.45) is 5.41 Å². The van der Waals surface area contributed by atoms with E-state index in [0.717, 1.165) is 32.7 Å². The lowest BCUT2D eigenvalue weighted by atomic mass is 9.77. The van der Waals surface area contributed by atoms with Crippen molar-refractivity contribution in [3.8, 4) is 0 Å². The number of ether oxygens (including phenoxy) is 2. The quantitative estimate of drug-likeness (QED) is 0.793. The van der Waals surface area contributed by atoms with E-state index in [4.69, 9.17) is 9.47 Å². The molecule has 1 spiro atoms. The summed E-state index contributed by atoms with van der Waals surface area (Å²) < 4.78 is 11.9. The Balaban J connectivity index is 1.20. The van der Waals surface area contributed by atoms with Gasteiger partial charge in [-0.3, -0.25) is 9.88 Å². The van der Waals surface area contributed by atoms with E-state index in [9.17, 15) is 0 Å². The molecule has 2 aliphatic heterocycles. The van der Waals surface area contributed by atoms with Crippen molar-refractivity contribution in [2.45, 2.75) is 38.5 Å². The third-order valence-corrected chi connectivity index (χ3v) is 6.13. The van der Waals surface area contributed by atoms with Gasteiger partial charge in [0.15, 0.2) is 0 Å². The molecule has 2 aromatic heterocycles. The van der Waals surface area contributed by atoms with Crippen LogP contribution < -0.4 is 0 Å². The van der Waals surface area contributed by atoms with Crippen LogP contribution >= 0.6 is 11.3 Å². The van der Waals surface area contributed by atoms with Crippen LogP contribution in [0.5, 0.6) is 0 Å². The Morgan fingerprint density at radius 1 is 1.24 bits per heavy atom. The second kappa shape index (κ2) is 7.91. The summed E-state index contributed by atoms with van der Waals surface area (Å²) in [5, 5.41) is 3.28. The number of likely N-dealkylation sites (tertiary alicyclic amines) is 1.